The van der Waals surface area contributed by atoms with E-state index in [-0.39, 0.29) is 23.6 Å². The maximum absolute atomic E-state index is 13.0. The minimum Gasteiger partial charge on any atom is -0.488 e. The molecule has 1 aliphatic heterocycles. The lowest BCUT2D eigenvalue weighted by Gasteiger charge is -2.18. The van der Waals surface area contributed by atoms with Gasteiger partial charge in [0.2, 0.25) is 5.91 Å². The highest BCUT2D eigenvalue weighted by Gasteiger charge is 2.32. The van der Waals surface area contributed by atoms with Gasteiger partial charge in [-0.1, -0.05) is 18.2 Å². The van der Waals surface area contributed by atoms with E-state index in [1.165, 1.54) is 22.2 Å². The molecule has 1 aromatic carbocycles. The van der Waals surface area contributed by atoms with Crippen molar-refractivity contribution in [3.63, 3.8) is 0 Å². The summed E-state index contributed by atoms with van der Waals surface area (Å²) in [5.74, 6) is 1.18. The monoisotopic (exact) mass is 481 g/mol. The molecule has 0 fully saturated rings. The number of hydrogen-bond acceptors (Lipinski definition) is 7. The summed E-state index contributed by atoms with van der Waals surface area (Å²) in [7, 11) is 0. The third-order valence-corrected chi connectivity index (χ3v) is 7.19. The van der Waals surface area contributed by atoms with Gasteiger partial charge < -0.3 is 14.8 Å². The predicted molar refractivity (Wildman–Crippen MR) is 131 cm³/mol. The minimum atomic E-state index is -0.273. The maximum atomic E-state index is 13.0. The second-order valence-corrected chi connectivity index (χ2v) is 10.3. The number of fused-ring (bicyclic) bond motifs is 2. The van der Waals surface area contributed by atoms with Crippen LogP contribution in [0.4, 0.5) is 0 Å². The number of carbonyl (C=O) groups is 1. The highest BCUT2D eigenvalue weighted by molar-refractivity contribution is 7.18. The van der Waals surface area contributed by atoms with Crippen molar-refractivity contribution >= 4 is 38.8 Å². The van der Waals surface area contributed by atoms with Crippen LogP contribution in [0.25, 0.3) is 20.7 Å². The van der Waals surface area contributed by atoms with E-state index in [0.29, 0.717) is 29.1 Å². The van der Waals surface area contributed by atoms with Gasteiger partial charge in [0.25, 0.3) is 5.56 Å². The first-order valence-corrected chi connectivity index (χ1v) is 12.4. The average molecular weight is 482 g/mol. The Morgan fingerprint density at radius 3 is 2.97 bits per heavy atom. The van der Waals surface area contributed by atoms with Gasteiger partial charge in [-0.25, -0.2) is 4.98 Å². The first-order valence-electron chi connectivity index (χ1n) is 10.6. The van der Waals surface area contributed by atoms with Crippen LogP contribution >= 0.6 is 22.7 Å². The molecular weight excluding hydrogens is 458 g/mol. The number of amides is 1. The Labute approximate surface area is 198 Å². The number of benzene rings is 1. The number of rotatable bonds is 7. The summed E-state index contributed by atoms with van der Waals surface area (Å²) in [4.78, 5) is 31.6. The first-order chi connectivity index (χ1) is 15.9. The van der Waals surface area contributed by atoms with E-state index in [0.717, 1.165) is 28.2 Å². The molecule has 0 bridgehead atoms. The SMILES string of the molecule is CC1(C)Cc2cccc(OCCNC(=O)Cn3cnc4scc(-c5cccs5)c4c3=O)c2O1. The molecule has 0 saturated carbocycles. The van der Waals surface area contributed by atoms with Crippen LogP contribution in [0.15, 0.2) is 52.2 Å². The lowest BCUT2D eigenvalue weighted by molar-refractivity contribution is -0.121. The normalized spacial score (nSPS) is 14.1. The predicted octanol–water partition coefficient (Wildman–Crippen LogP) is 4.10. The average Bonchev–Trinajstić information content (AvgIpc) is 3.50. The van der Waals surface area contributed by atoms with E-state index in [9.17, 15) is 9.59 Å². The first kappa shape index (κ1) is 21.7. The summed E-state index contributed by atoms with van der Waals surface area (Å²) in [5.41, 5.74) is 1.53. The van der Waals surface area contributed by atoms with Crippen LogP contribution in [-0.4, -0.2) is 34.2 Å². The van der Waals surface area contributed by atoms with Gasteiger partial charge in [-0.2, -0.15) is 0 Å². The summed E-state index contributed by atoms with van der Waals surface area (Å²) in [5, 5.41) is 7.28. The number of hydrogen-bond donors (Lipinski definition) is 1. The second-order valence-electron chi connectivity index (χ2n) is 8.47. The van der Waals surface area contributed by atoms with Crippen molar-refractivity contribution in [2.75, 3.05) is 13.2 Å². The standard InChI is InChI=1S/C24H23N3O4S2/c1-24(2)11-15-5-3-6-17(21(15)31-24)30-9-8-25-19(28)12-27-14-26-22-20(23(27)29)16(13-33-22)18-7-4-10-32-18/h3-7,10,13-14H,8-9,11-12H2,1-2H3,(H,25,28). The molecule has 4 heterocycles. The molecule has 7 nitrogen and oxygen atoms in total. The number of carbonyl (C=O) groups excluding carboxylic acids is 1. The lowest BCUT2D eigenvalue weighted by Crippen LogP contribution is -2.34. The van der Waals surface area contributed by atoms with Gasteiger partial charge in [-0.3, -0.25) is 14.2 Å². The zero-order chi connectivity index (χ0) is 23.0. The Bertz CT molecular complexity index is 1370. The molecule has 9 heteroatoms. The quantitative estimate of drug-likeness (QED) is 0.402. The zero-order valence-electron chi connectivity index (χ0n) is 18.3. The van der Waals surface area contributed by atoms with Gasteiger partial charge >= 0.3 is 0 Å². The van der Waals surface area contributed by atoms with Gasteiger partial charge in [0.15, 0.2) is 11.5 Å². The van der Waals surface area contributed by atoms with Crippen LogP contribution < -0.4 is 20.3 Å². The topological polar surface area (TPSA) is 82.5 Å². The summed E-state index contributed by atoms with van der Waals surface area (Å²) in [6.07, 6.45) is 2.27. The van der Waals surface area contributed by atoms with E-state index >= 15 is 0 Å². The van der Waals surface area contributed by atoms with Gasteiger partial charge in [-0.05, 0) is 31.4 Å². The third kappa shape index (κ3) is 4.38. The van der Waals surface area contributed by atoms with Gasteiger partial charge in [0.1, 0.15) is 23.6 Å². The molecule has 0 atom stereocenters. The smallest absolute Gasteiger partial charge is 0.263 e. The fraction of sp³-hybridized carbons (Fsp3) is 0.292. The van der Waals surface area contributed by atoms with Crippen LogP contribution in [0.2, 0.25) is 0 Å². The molecule has 1 N–H and O–H groups in total. The van der Waals surface area contributed by atoms with Crippen LogP contribution in [0, 0.1) is 0 Å². The number of aromatic nitrogens is 2. The van der Waals surface area contributed by atoms with Crippen LogP contribution in [-0.2, 0) is 17.8 Å². The molecule has 1 amide bonds. The third-order valence-electron chi connectivity index (χ3n) is 5.40. The lowest BCUT2D eigenvalue weighted by atomic mass is 10.0. The minimum absolute atomic E-state index is 0.0977. The summed E-state index contributed by atoms with van der Waals surface area (Å²) in [6.45, 7) is 4.61. The Morgan fingerprint density at radius 1 is 1.27 bits per heavy atom. The highest BCUT2D eigenvalue weighted by Crippen LogP contribution is 2.41. The Hall–Kier alpha value is -3.17. The Morgan fingerprint density at radius 2 is 2.15 bits per heavy atom. The molecule has 4 aromatic rings. The van der Waals surface area contributed by atoms with Crippen LogP contribution in [0.3, 0.4) is 0 Å². The van der Waals surface area contributed by atoms with E-state index in [2.05, 4.69) is 10.3 Å². The number of ether oxygens (including phenoxy) is 2. The van der Waals surface area contributed by atoms with Crippen molar-refractivity contribution < 1.29 is 14.3 Å². The molecular formula is C24H23N3O4S2. The summed E-state index contributed by atoms with van der Waals surface area (Å²) in [6, 6.07) is 9.78. The van der Waals surface area contributed by atoms with E-state index < -0.39 is 0 Å². The van der Waals surface area contributed by atoms with Crippen molar-refractivity contribution in [2.24, 2.45) is 0 Å². The molecule has 0 saturated heterocycles. The van der Waals surface area contributed by atoms with Crippen molar-refractivity contribution in [1.29, 1.82) is 0 Å². The van der Waals surface area contributed by atoms with E-state index in [1.54, 1.807) is 11.3 Å². The van der Waals surface area contributed by atoms with Gasteiger partial charge in [0.05, 0.1) is 18.3 Å². The van der Waals surface area contributed by atoms with Crippen LogP contribution in [0.5, 0.6) is 11.5 Å². The second kappa shape index (κ2) is 8.64. The zero-order valence-corrected chi connectivity index (χ0v) is 19.9. The van der Waals surface area contributed by atoms with E-state index in [4.69, 9.17) is 9.47 Å². The molecule has 3 aromatic heterocycles. The van der Waals surface area contributed by atoms with Crippen molar-refractivity contribution in [1.82, 2.24) is 14.9 Å². The number of nitrogens with zero attached hydrogens (tertiary/aromatic N) is 2. The molecule has 5 rings (SSSR count). The molecule has 33 heavy (non-hydrogen) atoms. The summed E-state index contributed by atoms with van der Waals surface area (Å²) < 4.78 is 13.2. The number of thiophene rings is 2. The van der Waals surface area contributed by atoms with Gasteiger partial charge in [0, 0.05) is 27.8 Å². The molecule has 170 valence electrons. The Kier molecular flexibility index (Phi) is 5.67. The van der Waals surface area contributed by atoms with Crippen molar-refractivity contribution in [3.8, 4) is 21.9 Å². The molecule has 0 radical (unpaired) electrons. The molecule has 0 unspecified atom stereocenters. The van der Waals surface area contributed by atoms with Gasteiger partial charge in [-0.15, -0.1) is 22.7 Å². The van der Waals surface area contributed by atoms with Crippen molar-refractivity contribution in [2.45, 2.75) is 32.4 Å². The number of nitrogens with one attached hydrogen (secondary N) is 1. The summed E-state index contributed by atoms with van der Waals surface area (Å²) >= 11 is 3.00. The number of para-hydroxylation sites is 1. The maximum Gasteiger partial charge on any atom is 0.263 e. The fourth-order valence-corrected chi connectivity index (χ4v) is 5.68. The highest BCUT2D eigenvalue weighted by atomic mass is 32.1. The molecule has 1 aliphatic rings. The molecule has 0 aliphatic carbocycles. The van der Waals surface area contributed by atoms with Crippen molar-refractivity contribution in [3.05, 3.63) is 63.3 Å². The Balaban J connectivity index is 1.21. The molecule has 0 spiro atoms. The van der Waals surface area contributed by atoms with E-state index in [1.807, 2.05) is 54.9 Å². The fourth-order valence-electron chi connectivity index (χ4n) is 3.96. The largest absolute Gasteiger partial charge is 0.488 e. The van der Waals surface area contributed by atoms with Crippen LogP contribution in [0.1, 0.15) is 19.4 Å².